The predicted octanol–water partition coefficient (Wildman–Crippen LogP) is 2.82. The summed E-state index contributed by atoms with van der Waals surface area (Å²) in [6.45, 7) is 1.41. The Balaban J connectivity index is 2.32. The average Bonchev–Trinajstić information content (AvgIpc) is 2.72. The summed E-state index contributed by atoms with van der Waals surface area (Å²) in [4.78, 5) is 12.5. The van der Waals surface area contributed by atoms with Gasteiger partial charge in [0.1, 0.15) is 23.4 Å². The molecule has 30 heavy (non-hydrogen) atoms. The van der Waals surface area contributed by atoms with Crippen LogP contribution in [0.4, 0.5) is 4.39 Å². The molecular formula is C21H23FN3O5-. The maximum Gasteiger partial charge on any atom is 0.176 e. The van der Waals surface area contributed by atoms with Gasteiger partial charge in [-0.25, -0.2) is 4.39 Å². The molecular weight excluding hydrogens is 393 g/mol. The highest BCUT2D eigenvalue weighted by Crippen LogP contribution is 2.30. The molecule has 3 N–H and O–H groups in total. The number of ether oxygens (including phenoxy) is 3. The minimum Gasteiger partial charge on any atom is -0.494 e. The summed E-state index contributed by atoms with van der Waals surface area (Å²) in [6.07, 6.45) is 2.17. The Morgan fingerprint density at radius 1 is 1.23 bits per heavy atom. The van der Waals surface area contributed by atoms with Gasteiger partial charge in [-0.15, -0.1) is 0 Å². The Bertz CT molecular complexity index is 933. The third-order valence-electron chi connectivity index (χ3n) is 3.75. The van der Waals surface area contributed by atoms with Crippen LogP contribution in [0, 0.1) is 5.82 Å². The van der Waals surface area contributed by atoms with Crippen LogP contribution >= 0.6 is 0 Å². The average molecular weight is 416 g/mol. The van der Waals surface area contributed by atoms with E-state index in [0.29, 0.717) is 0 Å². The van der Waals surface area contributed by atoms with Crippen LogP contribution in [0.15, 0.2) is 48.7 Å². The van der Waals surface area contributed by atoms with Crippen LogP contribution < -0.4 is 24.8 Å². The molecule has 0 spiro atoms. The van der Waals surface area contributed by atoms with Crippen LogP contribution in [0.3, 0.4) is 0 Å². The zero-order valence-electron chi connectivity index (χ0n) is 16.8. The summed E-state index contributed by atoms with van der Waals surface area (Å²) < 4.78 is 30.0. The zero-order chi connectivity index (χ0) is 22.1. The van der Waals surface area contributed by atoms with E-state index in [9.17, 15) is 19.7 Å². The molecule has 0 aromatic heterocycles. The molecule has 0 saturated carbocycles. The number of nitrogens with one attached hydrogen (secondary N) is 2. The van der Waals surface area contributed by atoms with Gasteiger partial charge in [0.15, 0.2) is 17.5 Å². The fourth-order valence-electron chi connectivity index (χ4n) is 2.34. The van der Waals surface area contributed by atoms with Crippen LogP contribution in [-0.4, -0.2) is 43.7 Å². The first-order valence-electron chi connectivity index (χ1n) is 9.01. The Kier molecular flexibility index (Phi) is 8.18. The van der Waals surface area contributed by atoms with E-state index in [2.05, 4.69) is 10.6 Å². The maximum atomic E-state index is 13.9. The van der Waals surface area contributed by atoms with Crippen molar-refractivity contribution in [1.82, 2.24) is 10.6 Å². The van der Waals surface area contributed by atoms with Gasteiger partial charge in [0.05, 0.1) is 13.7 Å². The van der Waals surface area contributed by atoms with Crippen LogP contribution in [0.25, 0.3) is 5.41 Å². The number of methoxy groups -OCH3 is 1. The van der Waals surface area contributed by atoms with Gasteiger partial charge in [0.2, 0.25) is 0 Å². The Labute approximate surface area is 173 Å². The lowest BCUT2D eigenvalue weighted by atomic mass is 10.1. The number of aliphatic hydroxyl groups is 1. The Morgan fingerprint density at radius 3 is 2.60 bits per heavy atom. The molecule has 0 aliphatic heterocycles. The van der Waals surface area contributed by atoms with E-state index < -0.39 is 17.8 Å². The zero-order valence-corrected chi connectivity index (χ0v) is 16.8. The van der Waals surface area contributed by atoms with E-state index in [-0.39, 0.29) is 41.0 Å². The van der Waals surface area contributed by atoms with Crippen molar-refractivity contribution in [3.8, 4) is 23.0 Å². The number of rotatable bonds is 9. The highest BCUT2D eigenvalue weighted by molar-refractivity contribution is 6.11. The fourth-order valence-corrected chi connectivity index (χ4v) is 2.34. The molecule has 9 heteroatoms. The molecule has 2 rings (SSSR count). The van der Waals surface area contributed by atoms with Gasteiger partial charge in [-0.2, -0.15) is 0 Å². The molecule has 0 heterocycles. The molecule has 8 nitrogen and oxygen atoms in total. The van der Waals surface area contributed by atoms with Gasteiger partial charge in [0.25, 0.3) is 0 Å². The molecule has 0 bridgehead atoms. The smallest absolute Gasteiger partial charge is 0.176 e. The normalized spacial score (nSPS) is 11.6. The number of aliphatic hydroxyl groups excluding tert-OH is 1. The van der Waals surface area contributed by atoms with E-state index in [1.807, 2.05) is 0 Å². The van der Waals surface area contributed by atoms with Crippen LogP contribution in [0.2, 0.25) is 0 Å². The lowest BCUT2D eigenvalue weighted by Crippen LogP contribution is -2.28. The number of benzene rings is 2. The molecule has 2 aromatic rings. The predicted molar refractivity (Wildman–Crippen MR) is 111 cm³/mol. The largest absolute Gasteiger partial charge is 0.494 e. The van der Waals surface area contributed by atoms with Gasteiger partial charge < -0.3 is 35.4 Å². The first-order valence-corrected chi connectivity index (χ1v) is 9.01. The molecule has 0 saturated heterocycles. The summed E-state index contributed by atoms with van der Waals surface area (Å²) in [6, 6.07) is 8.39. The first kappa shape index (κ1) is 22.7. The second-order valence-corrected chi connectivity index (χ2v) is 6.16. The number of amides is 1. The molecule has 0 aliphatic rings. The first-order chi connectivity index (χ1) is 14.4. The summed E-state index contributed by atoms with van der Waals surface area (Å²) in [5, 5.41) is 24.0. The maximum absolute atomic E-state index is 13.9. The number of amidine groups is 1. The molecule has 160 valence electrons. The van der Waals surface area contributed by atoms with Gasteiger partial charge in [-0.3, -0.25) is 4.79 Å². The van der Waals surface area contributed by atoms with Gasteiger partial charge in [-0.05, 0) is 43.5 Å². The third-order valence-corrected chi connectivity index (χ3v) is 3.75. The summed E-state index contributed by atoms with van der Waals surface area (Å²) in [5.41, 5.74) is 0.117. The lowest BCUT2D eigenvalue weighted by molar-refractivity contribution is 0.0975. The lowest BCUT2D eigenvalue weighted by Gasteiger charge is -2.17. The van der Waals surface area contributed by atoms with Crippen LogP contribution in [0.1, 0.15) is 17.3 Å². The highest BCUT2D eigenvalue weighted by atomic mass is 19.1. The second kappa shape index (κ2) is 10.8. The second-order valence-electron chi connectivity index (χ2n) is 6.16. The van der Waals surface area contributed by atoms with Crippen molar-refractivity contribution in [3.63, 3.8) is 0 Å². The van der Waals surface area contributed by atoms with Gasteiger partial charge in [-0.1, -0.05) is 5.84 Å². The van der Waals surface area contributed by atoms with E-state index in [1.165, 1.54) is 49.7 Å². The van der Waals surface area contributed by atoms with Crippen molar-refractivity contribution >= 4 is 11.7 Å². The number of hydrogen-bond acceptors (Lipinski definition) is 6. The molecule has 0 unspecified atom stereocenters. The van der Waals surface area contributed by atoms with Crippen molar-refractivity contribution in [2.75, 3.05) is 20.8 Å². The van der Waals surface area contributed by atoms with Crippen molar-refractivity contribution < 1.29 is 28.5 Å². The van der Waals surface area contributed by atoms with E-state index in [0.717, 1.165) is 6.07 Å². The molecule has 0 aliphatic carbocycles. The topological polar surface area (TPSA) is 111 Å². The van der Waals surface area contributed by atoms with Gasteiger partial charge >= 0.3 is 0 Å². The van der Waals surface area contributed by atoms with E-state index >= 15 is 0 Å². The van der Waals surface area contributed by atoms with Crippen molar-refractivity contribution in [1.29, 1.82) is 0 Å². The number of hydrogen-bond donors (Lipinski definition) is 3. The molecule has 2 aromatic carbocycles. The fraction of sp³-hybridized carbons (Fsp3) is 0.238. The van der Waals surface area contributed by atoms with Crippen molar-refractivity contribution in [2.45, 2.75) is 13.0 Å². The van der Waals surface area contributed by atoms with Gasteiger partial charge in [0, 0.05) is 24.7 Å². The van der Waals surface area contributed by atoms with E-state index in [4.69, 9.17) is 14.2 Å². The van der Waals surface area contributed by atoms with Crippen LogP contribution in [0.5, 0.6) is 23.0 Å². The SMILES string of the molecule is CN/C=C\C(=[N-])NC(=O)c1cc(Oc2ccc(OC)c(F)c2)cc(O[C@@H](C)CO)c1. The molecule has 1 amide bonds. The number of carbonyl (C=O) groups excluding carboxylic acids is 1. The monoisotopic (exact) mass is 416 g/mol. The number of halogens is 1. The summed E-state index contributed by atoms with van der Waals surface area (Å²) in [5.74, 6) is -0.915. The quantitative estimate of drug-likeness (QED) is 0.428. The number of nitrogens with zero attached hydrogens (tertiary/aromatic N) is 1. The number of carbonyl (C=O) groups is 1. The minimum atomic E-state index is -0.624. The highest BCUT2D eigenvalue weighted by Gasteiger charge is 2.12. The van der Waals surface area contributed by atoms with Crippen molar-refractivity contribution in [3.05, 3.63) is 65.5 Å². The Hall–Kier alpha value is -3.59. The standard InChI is InChI=1S/C21H23FN3O5/c1-13(12-26)29-16-8-14(21(27)25-20(23)6-7-24-2)9-17(10-16)30-15-4-5-19(28-3)18(22)11-15/h4-11,13,26H,12H2,1-3H3,(H2-,23,24,25,27)/q-1/t13-/m0/s1. The molecule has 0 radical (unpaired) electrons. The van der Waals surface area contributed by atoms with Crippen LogP contribution in [-0.2, 0) is 0 Å². The minimum absolute atomic E-state index is 0.0666. The van der Waals surface area contributed by atoms with Crippen molar-refractivity contribution in [2.24, 2.45) is 0 Å². The third kappa shape index (κ3) is 6.49. The van der Waals surface area contributed by atoms with E-state index in [1.54, 1.807) is 14.0 Å². The summed E-state index contributed by atoms with van der Waals surface area (Å²) in [7, 11) is 2.99. The molecule has 1 atom stereocenters. The Morgan fingerprint density at radius 2 is 1.97 bits per heavy atom. The summed E-state index contributed by atoms with van der Waals surface area (Å²) >= 11 is 0. The molecule has 0 fully saturated rings.